The first-order valence-electron chi connectivity index (χ1n) is 3.63. The molecule has 1 atom stereocenters. The van der Waals surface area contributed by atoms with Gasteiger partial charge >= 0.3 is 5.97 Å². The lowest BCUT2D eigenvalue weighted by molar-refractivity contribution is -0.146. The number of hydrogen-bond donors (Lipinski definition) is 0. The summed E-state index contributed by atoms with van der Waals surface area (Å²) in [6.07, 6.45) is 1.29. The van der Waals surface area contributed by atoms with Crippen molar-refractivity contribution in [1.29, 1.82) is 0 Å². The second-order valence-electron chi connectivity index (χ2n) is 2.40. The van der Waals surface area contributed by atoms with Crippen molar-refractivity contribution in [3.63, 3.8) is 0 Å². The maximum absolute atomic E-state index is 11.2. The first-order chi connectivity index (χ1) is 5.54. The van der Waals surface area contributed by atoms with Crippen molar-refractivity contribution in [1.82, 2.24) is 0 Å². The van der Waals surface area contributed by atoms with Gasteiger partial charge in [-0.3, -0.25) is 4.79 Å². The number of alkyl halides is 1. The summed E-state index contributed by atoms with van der Waals surface area (Å²) in [5.74, 6) is -0.327. The molecular weight excluding hydrogens is 224 g/mol. The van der Waals surface area contributed by atoms with Crippen molar-refractivity contribution < 1.29 is 14.3 Å². The van der Waals surface area contributed by atoms with Gasteiger partial charge in [0.2, 0.25) is 0 Å². The molecule has 4 heteroatoms. The Bertz CT molecular complexity index is 166. The predicted molar refractivity (Wildman–Crippen MR) is 50.1 cm³/mol. The Morgan fingerprint density at radius 3 is 2.75 bits per heavy atom. The van der Waals surface area contributed by atoms with Gasteiger partial charge in [-0.1, -0.05) is 22.5 Å². The van der Waals surface area contributed by atoms with Crippen molar-refractivity contribution in [3.8, 4) is 0 Å². The van der Waals surface area contributed by atoms with Crippen LogP contribution in [-0.2, 0) is 14.3 Å². The molecule has 0 amide bonds. The van der Waals surface area contributed by atoms with Crippen molar-refractivity contribution >= 4 is 21.9 Å². The highest BCUT2D eigenvalue weighted by Crippen LogP contribution is 2.19. The number of ether oxygens (including phenoxy) is 2. The molecule has 70 valence electrons. The monoisotopic (exact) mass is 236 g/mol. The van der Waals surface area contributed by atoms with Crippen LogP contribution < -0.4 is 0 Å². The molecule has 0 radical (unpaired) electrons. The van der Waals surface area contributed by atoms with Crippen molar-refractivity contribution in [3.05, 3.63) is 12.8 Å². The van der Waals surface area contributed by atoms with E-state index in [1.54, 1.807) is 13.8 Å². The van der Waals surface area contributed by atoms with E-state index >= 15 is 0 Å². The highest BCUT2D eigenvalue weighted by molar-refractivity contribution is 9.10. The normalized spacial score (nSPS) is 14.6. The molecule has 0 aliphatic carbocycles. The molecule has 0 saturated heterocycles. The maximum Gasteiger partial charge on any atom is 0.326 e. The molecule has 12 heavy (non-hydrogen) atoms. The average Bonchev–Trinajstić information content (AvgIpc) is 2.01. The van der Waals surface area contributed by atoms with Crippen molar-refractivity contribution in [2.45, 2.75) is 18.2 Å². The number of carbonyl (C=O) groups excluding carboxylic acids is 1. The molecule has 0 rings (SSSR count). The van der Waals surface area contributed by atoms with Crippen LogP contribution in [0, 0.1) is 0 Å². The molecule has 0 spiro atoms. The minimum Gasteiger partial charge on any atom is -0.500 e. The lowest BCUT2D eigenvalue weighted by atomic mass is 10.2. The highest BCUT2D eigenvalue weighted by Gasteiger charge is 2.32. The summed E-state index contributed by atoms with van der Waals surface area (Å²) in [5.41, 5.74) is 0. The summed E-state index contributed by atoms with van der Waals surface area (Å²) in [6.45, 7) is 7.41. The summed E-state index contributed by atoms with van der Waals surface area (Å²) in [4.78, 5) is 11.2. The Morgan fingerprint density at radius 2 is 2.33 bits per heavy atom. The summed E-state index contributed by atoms with van der Waals surface area (Å²) in [7, 11) is 0. The van der Waals surface area contributed by atoms with E-state index in [9.17, 15) is 4.79 Å². The third kappa shape index (κ3) is 3.76. The van der Waals surface area contributed by atoms with Gasteiger partial charge in [0, 0.05) is 0 Å². The van der Waals surface area contributed by atoms with E-state index < -0.39 is 4.32 Å². The predicted octanol–water partition coefficient (Wildman–Crippen LogP) is 1.86. The van der Waals surface area contributed by atoms with Gasteiger partial charge in [0.15, 0.2) is 4.32 Å². The summed E-state index contributed by atoms with van der Waals surface area (Å²) in [6, 6.07) is 0. The summed E-state index contributed by atoms with van der Waals surface area (Å²) < 4.78 is 8.90. The van der Waals surface area contributed by atoms with Gasteiger partial charge in [-0.05, 0) is 13.8 Å². The second-order valence-corrected chi connectivity index (χ2v) is 4.15. The minimum atomic E-state index is -0.781. The molecule has 1 unspecified atom stereocenters. The molecule has 0 aliphatic heterocycles. The third-order valence-electron chi connectivity index (χ3n) is 1.17. The lowest BCUT2D eigenvalue weighted by Crippen LogP contribution is -2.34. The van der Waals surface area contributed by atoms with Crippen LogP contribution >= 0.6 is 15.9 Å². The fourth-order valence-electron chi connectivity index (χ4n) is 0.556. The SMILES string of the molecule is C=COCC(C)(Br)C(=O)OCC. The lowest BCUT2D eigenvalue weighted by Gasteiger charge is -2.18. The number of esters is 1. The number of rotatable bonds is 5. The molecule has 0 aromatic heterocycles. The molecule has 0 heterocycles. The quantitative estimate of drug-likeness (QED) is 0.416. The van der Waals surface area contributed by atoms with Gasteiger partial charge in [0.05, 0.1) is 12.9 Å². The van der Waals surface area contributed by atoms with E-state index in [0.29, 0.717) is 6.61 Å². The van der Waals surface area contributed by atoms with E-state index in [2.05, 4.69) is 22.5 Å². The zero-order valence-electron chi connectivity index (χ0n) is 7.30. The van der Waals surface area contributed by atoms with Crippen LogP contribution in [0.4, 0.5) is 0 Å². The van der Waals surface area contributed by atoms with Crippen LogP contribution in [0.1, 0.15) is 13.8 Å². The molecule has 0 bridgehead atoms. The van der Waals surface area contributed by atoms with Gasteiger partial charge in [-0.2, -0.15) is 0 Å². The zero-order chi connectivity index (χ0) is 9.61. The fourth-order valence-corrected chi connectivity index (χ4v) is 0.803. The van der Waals surface area contributed by atoms with E-state index in [1.165, 1.54) is 6.26 Å². The Balaban J connectivity index is 3.98. The zero-order valence-corrected chi connectivity index (χ0v) is 8.89. The van der Waals surface area contributed by atoms with Crippen LogP contribution in [0.5, 0.6) is 0 Å². The Morgan fingerprint density at radius 1 is 1.75 bits per heavy atom. The first kappa shape index (κ1) is 11.5. The molecule has 0 aromatic carbocycles. The standard InChI is InChI=1S/C8H13BrO3/c1-4-11-6-8(3,9)7(10)12-5-2/h4H,1,5-6H2,2-3H3. The molecule has 0 aliphatic rings. The van der Waals surface area contributed by atoms with Crippen LogP contribution in [0.25, 0.3) is 0 Å². The van der Waals surface area contributed by atoms with E-state index in [0.717, 1.165) is 0 Å². The fraction of sp³-hybridized carbons (Fsp3) is 0.625. The molecule has 3 nitrogen and oxygen atoms in total. The van der Waals surface area contributed by atoms with E-state index in [4.69, 9.17) is 9.47 Å². The van der Waals surface area contributed by atoms with Crippen LogP contribution in [0.2, 0.25) is 0 Å². The van der Waals surface area contributed by atoms with Crippen molar-refractivity contribution in [2.75, 3.05) is 13.2 Å². The molecule has 0 fully saturated rings. The minimum absolute atomic E-state index is 0.218. The topological polar surface area (TPSA) is 35.5 Å². The van der Waals surface area contributed by atoms with Gasteiger partial charge in [-0.25, -0.2) is 0 Å². The van der Waals surface area contributed by atoms with Gasteiger partial charge in [-0.15, -0.1) is 0 Å². The number of hydrogen-bond acceptors (Lipinski definition) is 3. The summed E-state index contributed by atoms with van der Waals surface area (Å²) >= 11 is 3.20. The maximum atomic E-state index is 11.2. The van der Waals surface area contributed by atoms with Gasteiger partial charge < -0.3 is 9.47 Å². The van der Waals surface area contributed by atoms with Crippen LogP contribution in [-0.4, -0.2) is 23.5 Å². The van der Waals surface area contributed by atoms with Gasteiger partial charge in [0.1, 0.15) is 6.61 Å². The van der Waals surface area contributed by atoms with Crippen LogP contribution in [0.15, 0.2) is 12.8 Å². The molecule has 0 N–H and O–H groups in total. The largest absolute Gasteiger partial charge is 0.500 e. The van der Waals surface area contributed by atoms with Crippen LogP contribution in [0.3, 0.4) is 0 Å². The third-order valence-corrected chi connectivity index (χ3v) is 1.73. The van der Waals surface area contributed by atoms with E-state index in [1.807, 2.05) is 0 Å². The molecule has 0 saturated carbocycles. The number of halogens is 1. The summed E-state index contributed by atoms with van der Waals surface area (Å²) in [5, 5.41) is 0. The Hall–Kier alpha value is -0.510. The Kier molecular flexibility index (Phi) is 4.97. The number of carbonyl (C=O) groups is 1. The van der Waals surface area contributed by atoms with Crippen molar-refractivity contribution in [2.24, 2.45) is 0 Å². The van der Waals surface area contributed by atoms with E-state index in [-0.39, 0.29) is 12.6 Å². The average molecular weight is 237 g/mol. The van der Waals surface area contributed by atoms with Gasteiger partial charge in [0.25, 0.3) is 0 Å². The highest BCUT2D eigenvalue weighted by atomic mass is 79.9. The second kappa shape index (κ2) is 5.19. The molecule has 0 aromatic rings. The smallest absolute Gasteiger partial charge is 0.326 e. The first-order valence-corrected chi connectivity index (χ1v) is 4.42. The Labute approximate surface area is 80.9 Å². The molecular formula is C8H13BrO3.